The number of rotatable bonds is 3. The van der Waals surface area contributed by atoms with Crippen LogP contribution in [0, 0.1) is 5.92 Å². The van der Waals surface area contributed by atoms with Crippen LogP contribution in [0.5, 0.6) is 0 Å². The minimum atomic E-state index is -0.425. The summed E-state index contributed by atoms with van der Waals surface area (Å²) in [7, 11) is 0. The summed E-state index contributed by atoms with van der Waals surface area (Å²) in [6.45, 7) is 4.60. The smallest absolute Gasteiger partial charge is 0.236 e. The highest BCUT2D eigenvalue weighted by Crippen LogP contribution is 2.24. The Morgan fingerprint density at radius 3 is 2.46 bits per heavy atom. The van der Waals surface area contributed by atoms with Crippen LogP contribution in [0.25, 0.3) is 0 Å². The highest BCUT2D eigenvalue weighted by atomic mass is 79.9. The minimum Gasteiger partial charge on any atom is -0.355 e. The zero-order chi connectivity index (χ0) is 9.90. The number of alkyl halides is 1. The molecule has 1 aliphatic rings. The van der Waals surface area contributed by atoms with E-state index in [9.17, 15) is 4.79 Å². The summed E-state index contributed by atoms with van der Waals surface area (Å²) >= 11 is 3.34. The molecule has 1 saturated carbocycles. The third kappa shape index (κ3) is 3.67. The van der Waals surface area contributed by atoms with Gasteiger partial charge in [-0.2, -0.15) is 0 Å². The molecular formula is C10H18BrNO. The Labute approximate surface area is 88.6 Å². The SMILES string of the molecule is CC(C)(Br)C(=O)NCC1CCCC1. The third-order valence-corrected chi connectivity index (χ3v) is 2.93. The van der Waals surface area contributed by atoms with E-state index in [4.69, 9.17) is 0 Å². The van der Waals surface area contributed by atoms with Gasteiger partial charge in [0.05, 0.1) is 4.32 Å². The number of carbonyl (C=O) groups excluding carboxylic acids is 1. The quantitative estimate of drug-likeness (QED) is 0.764. The molecule has 1 amide bonds. The Balaban J connectivity index is 2.22. The monoisotopic (exact) mass is 247 g/mol. The van der Waals surface area contributed by atoms with Crippen molar-refractivity contribution < 1.29 is 4.79 Å². The predicted octanol–water partition coefficient (Wildman–Crippen LogP) is 2.47. The standard InChI is InChI=1S/C10H18BrNO/c1-10(2,11)9(13)12-7-8-5-3-4-6-8/h8H,3-7H2,1-2H3,(H,12,13). The van der Waals surface area contributed by atoms with Gasteiger partial charge in [-0.3, -0.25) is 4.79 Å². The van der Waals surface area contributed by atoms with Crippen molar-refractivity contribution in [2.75, 3.05) is 6.54 Å². The zero-order valence-corrected chi connectivity index (χ0v) is 9.99. The fourth-order valence-corrected chi connectivity index (χ4v) is 1.80. The number of hydrogen-bond donors (Lipinski definition) is 1. The van der Waals surface area contributed by atoms with Gasteiger partial charge in [0.1, 0.15) is 0 Å². The number of hydrogen-bond acceptors (Lipinski definition) is 1. The van der Waals surface area contributed by atoms with Gasteiger partial charge in [0.2, 0.25) is 5.91 Å². The fourth-order valence-electron chi connectivity index (χ4n) is 1.66. The van der Waals surface area contributed by atoms with Crippen molar-refractivity contribution in [3.63, 3.8) is 0 Å². The Hall–Kier alpha value is -0.0500. The summed E-state index contributed by atoms with van der Waals surface area (Å²) in [5.41, 5.74) is 0. The van der Waals surface area contributed by atoms with Crippen molar-refractivity contribution in [2.45, 2.75) is 43.9 Å². The molecule has 0 saturated heterocycles. The number of carbonyl (C=O) groups is 1. The van der Waals surface area contributed by atoms with E-state index in [1.165, 1.54) is 25.7 Å². The van der Waals surface area contributed by atoms with Gasteiger partial charge in [-0.15, -0.1) is 0 Å². The Bertz CT molecular complexity index is 180. The lowest BCUT2D eigenvalue weighted by Crippen LogP contribution is -2.39. The Kier molecular flexibility index (Phi) is 3.77. The van der Waals surface area contributed by atoms with Crippen molar-refractivity contribution in [3.8, 4) is 0 Å². The van der Waals surface area contributed by atoms with Crippen molar-refractivity contribution in [1.82, 2.24) is 5.32 Å². The molecule has 76 valence electrons. The van der Waals surface area contributed by atoms with Crippen LogP contribution in [0.2, 0.25) is 0 Å². The Morgan fingerprint density at radius 2 is 2.00 bits per heavy atom. The molecule has 3 heteroatoms. The van der Waals surface area contributed by atoms with Crippen LogP contribution in [0.3, 0.4) is 0 Å². The molecule has 1 N–H and O–H groups in total. The van der Waals surface area contributed by atoms with Gasteiger partial charge in [-0.25, -0.2) is 0 Å². The molecule has 0 heterocycles. The van der Waals surface area contributed by atoms with E-state index in [-0.39, 0.29) is 5.91 Å². The zero-order valence-electron chi connectivity index (χ0n) is 8.40. The second kappa shape index (κ2) is 4.45. The van der Waals surface area contributed by atoms with Crippen LogP contribution in [0.15, 0.2) is 0 Å². The van der Waals surface area contributed by atoms with E-state index in [1.54, 1.807) is 0 Å². The van der Waals surface area contributed by atoms with E-state index in [1.807, 2.05) is 13.8 Å². The van der Waals surface area contributed by atoms with Gasteiger partial charge >= 0.3 is 0 Å². The van der Waals surface area contributed by atoms with Gasteiger partial charge < -0.3 is 5.32 Å². The second-order valence-corrected chi connectivity index (χ2v) is 6.32. The van der Waals surface area contributed by atoms with E-state index >= 15 is 0 Å². The molecule has 1 fully saturated rings. The van der Waals surface area contributed by atoms with Crippen LogP contribution in [0.1, 0.15) is 39.5 Å². The largest absolute Gasteiger partial charge is 0.355 e. The second-order valence-electron chi connectivity index (χ2n) is 4.33. The first-order chi connectivity index (χ1) is 6.00. The normalized spacial score (nSPS) is 19.0. The van der Waals surface area contributed by atoms with Crippen LogP contribution in [-0.2, 0) is 4.79 Å². The highest BCUT2D eigenvalue weighted by Gasteiger charge is 2.24. The van der Waals surface area contributed by atoms with Crippen molar-refractivity contribution in [1.29, 1.82) is 0 Å². The Morgan fingerprint density at radius 1 is 1.46 bits per heavy atom. The van der Waals surface area contributed by atoms with Gasteiger partial charge in [0.15, 0.2) is 0 Å². The van der Waals surface area contributed by atoms with Crippen molar-refractivity contribution in [2.24, 2.45) is 5.92 Å². The van der Waals surface area contributed by atoms with Crippen molar-refractivity contribution >= 4 is 21.8 Å². The molecule has 0 atom stereocenters. The van der Waals surface area contributed by atoms with Crippen LogP contribution >= 0.6 is 15.9 Å². The van der Waals surface area contributed by atoms with Gasteiger partial charge in [0.25, 0.3) is 0 Å². The maximum atomic E-state index is 11.5. The molecule has 13 heavy (non-hydrogen) atoms. The number of amides is 1. The lowest BCUT2D eigenvalue weighted by atomic mass is 10.1. The highest BCUT2D eigenvalue weighted by molar-refractivity contribution is 9.10. The molecule has 0 spiro atoms. The first-order valence-corrected chi connectivity index (χ1v) is 5.76. The van der Waals surface area contributed by atoms with Crippen molar-refractivity contribution in [3.05, 3.63) is 0 Å². The maximum absolute atomic E-state index is 11.5. The molecule has 0 aliphatic heterocycles. The molecule has 0 unspecified atom stereocenters. The summed E-state index contributed by atoms with van der Waals surface area (Å²) in [5, 5.41) is 2.98. The molecule has 1 rings (SSSR count). The molecule has 0 aromatic rings. The summed E-state index contributed by atoms with van der Waals surface area (Å²) in [4.78, 5) is 11.5. The molecule has 0 aromatic carbocycles. The van der Waals surface area contributed by atoms with Gasteiger partial charge in [-0.05, 0) is 32.6 Å². The summed E-state index contributed by atoms with van der Waals surface area (Å²) in [6, 6.07) is 0. The van der Waals surface area contributed by atoms with Gasteiger partial charge in [0, 0.05) is 6.54 Å². The molecule has 2 nitrogen and oxygen atoms in total. The van der Waals surface area contributed by atoms with Crippen LogP contribution in [0.4, 0.5) is 0 Å². The van der Waals surface area contributed by atoms with Crippen LogP contribution in [-0.4, -0.2) is 16.8 Å². The lowest BCUT2D eigenvalue weighted by molar-refractivity contribution is -0.122. The lowest BCUT2D eigenvalue weighted by Gasteiger charge is -2.17. The molecule has 1 aliphatic carbocycles. The fraction of sp³-hybridized carbons (Fsp3) is 0.900. The summed E-state index contributed by atoms with van der Waals surface area (Å²) < 4.78 is -0.425. The number of halogens is 1. The van der Waals surface area contributed by atoms with E-state index in [2.05, 4.69) is 21.2 Å². The third-order valence-electron chi connectivity index (χ3n) is 2.57. The van der Waals surface area contributed by atoms with E-state index in [0.717, 1.165) is 12.5 Å². The van der Waals surface area contributed by atoms with E-state index < -0.39 is 4.32 Å². The van der Waals surface area contributed by atoms with Gasteiger partial charge in [-0.1, -0.05) is 28.8 Å². The van der Waals surface area contributed by atoms with Crippen LogP contribution < -0.4 is 5.32 Å². The predicted molar refractivity (Wildman–Crippen MR) is 58.0 cm³/mol. The molecule has 0 bridgehead atoms. The average Bonchev–Trinajstić information content (AvgIpc) is 2.50. The first kappa shape index (κ1) is 11.0. The summed E-state index contributed by atoms with van der Waals surface area (Å²) in [5.74, 6) is 0.818. The molecular weight excluding hydrogens is 230 g/mol. The maximum Gasteiger partial charge on any atom is 0.236 e. The average molecular weight is 248 g/mol. The van der Waals surface area contributed by atoms with E-state index in [0.29, 0.717) is 0 Å². The molecule has 0 radical (unpaired) electrons. The summed E-state index contributed by atoms with van der Waals surface area (Å²) in [6.07, 6.45) is 5.22. The first-order valence-electron chi connectivity index (χ1n) is 4.97. The minimum absolute atomic E-state index is 0.0967. The molecule has 0 aromatic heterocycles. The topological polar surface area (TPSA) is 29.1 Å². The number of nitrogens with one attached hydrogen (secondary N) is 1.